The maximum absolute atomic E-state index is 12.2. The summed E-state index contributed by atoms with van der Waals surface area (Å²) in [4.78, 5) is 18.2. The Morgan fingerprint density at radius 2 is 2.00 bits per heavy atom. The van der Waals surface area contributed by atoms with Crippen LogP contribution in [0.4, 0.5) is 5.69 Å². The average molecular weight is 307 g/mol. The SMILES string of the molecule is O=C1CCc2nc(Cl)ccc2N1Cc1cccc(Cl)c1. The fourth-order valence-corrected chi connectivity index (χ4v) is 2.76. The van der Waals surface area contributed by atoms with Crippen molar-refractivity contribution in [1.82, 2.24) is 4.98 Å². The van der Waals surface area contributed by atoms with E-state index >= 15 is 0 Å². The van der Waals surface area contributed by atoms with Gasteiger partial charge in [-0.05, 0) is 29.8 Å². The molecule has 1 aliphatic rings. The molecule has 0 bridgehead atoms. The number of anilines is 1. The lowest BCUT2D eigenvalue weighted by molar-refractivity contribution is -0.119. The number of carbonyl (C=O) groups is 1. The number of benzene rings is 1. The van der Waals surface area contributed by atoms with Gasteiger partial charge in [0, 0.05) is 17.9 Å². The highest BCUT2D eigenvalue weighted by Crippen LogP contribution is 2.29. The van der Waals surface area contributed by atoms with Gasteiger partial charge in [-0.15, -0.1) is 0 Å². The molecule has 5 heteroatoms. The molecule has 0 saturated heterocycles. The van der Waals surface area contributed by atoms with Crippen LogP contribution in [0, 0.1) is 0 Å². The fourth-order valence-electron chi connectivity index (χ4n) is 2.38. The molecule has 2 heterocycles. The first-order valence-electron chi connectivity index (χ1n) is 6.34. The number of aryl methyl sites for hydroxylation is 1. The molecular formula is C15H12Cl2N2O. The second-order valence-corrected chi connectivity index (χ2v) is 5.53. The molecule has 0 aliphatic carbocycles. The predicted octanol–water partition coefficient (Wildman–Crippen LogP) is 3.87. The summed E-state index contributed by atoms with van der Waals surface area (Å²) in [7, 11) is 0. The minimum atomic E-state index is 0.0987. The third-order valence-electron chi connectivity index (χ3n) is 3.31. The number of nitrogens with zero attached hydrogens (tertiary/aromatic N) is 2. The fraction of sp³-hybridized carbons (Fsp3) is 0.200. The van der Waals surface area contributed by atoms with E-state index in [1.165, 1.54) is 0 Å². The Labute approximate surface area is 127 Å². The third kappa shape index (κ3) is 2.65. The highest BCUT2D eigenvalue weighted by molar-refractivity contribution is 6.30. The van der Waals surface area contributed by atoms with Crippen molar-refractivity contribution in [1.29, 1.82) is 0 Å². The quantitative estimate of drug-likeness (QED) is 0.789. The first-order valence-corrected chi connectivity index (χ1v) is 7.09. The lowest BCUT2D eigenvalue weighted by Gasteiger charge is -2.28. The molecule has 3 nitrogen and oxygen atoms in total. The van der Waals surface area contributed by atoms with Crippen LogP contribution in [0.2, 0.25) is 10.2 Å². The number of halogens is 2. The van der Waals surface area contributed by atoms with Gasteiger partial charge in [0.2, 0.25) is 5.91 Å². The van der Waals surface area contributed by atoms with E-state index in [0.29, 0.717) is 29.6 Å². The van der Waals surface area contributed by atoms with E-state index in [1.807, 2.05) is 30.3 Å². The minimum Gasteiger partial charge on any atom is -0.306 e. The van der Waals surface area contributed by atoms with E-state index in [9.17, 15) is 4.79 Å². The van der Waals surface area contributed by atoms with Gasteiger partial charge >= 0.3 is 0 Å². The van der Waals surface area contributed by atoms with Crippen molar-refractivity contribution in [3.8, 4) is 0 Å². The molecule has 2 aromatic rings. The molecule has 20 heavy (non-hydrogen) atoms. The van der Waals surface area contributed by atoms with Gasteiger partial charge in [0.25, 0.3) is 0 Å². The molecule has 0 radical (unpaired) electrons. The van der Waals surface area contributed by atoms with E-state index in [2.05, 4.69) is 4.98 Å². The first kappa shape index (κ1) is 13.4. The number of fused-ring (bicyclic) bond motifs is 1. The maximum Gasteiger partial charge on any atom is 0.227 e. The van der Waals surface area contributed by atoms with Crippen LogP contribution < -0.4 is 4.90 Å². The van der Waals surface area contributed by atoms with Crippen LogP contribution in [0.1, 0.15) is 17.7 Å². The Balaban J connectivity index is 1.95. The molecule has 0 fully saturated rings. The predicted molar refractivity (Wildman–Crippen MR) is 80.2 cm³/mol. The molecule has 0 atom stereocenters. The number of pyridine rings is 1. The van der Waals surface area contributed by atoms with Crippen LogP contribution in [0.3, 0.4) is 0 Å². The normalized spacial score (nSPS) is 14.3. The van der Waals surface area contributed by atoms with Crippen molar-refractivity contribution in [3.05, 3.63) is 57.8 Å². The van der Waals surface area contributed by atoms with Crippen LogP contribution in [0.15, 0.2) is 36.4 Å². The summed E-state index contributed by atoms with van der Waals surface area (Å²) >= 11 is 11.9. The molecular weight excluding hydrogens is 295 g/mol. The number of rotatable bonds is 2. The van der Waals surface area contributed by atoms with Gasteiger partial charge in [-0.1, -0.05) is 35.3 Å². The topological polar surface area (TPSA) is 33.2 Å². The van der Waals surface area contributed by atoms with Gasteiger partial charge in [0.15, 0.2) is 0 Å². The molecule has 1 aromatic carbocycles. The van der Waals surface area contributed by atoms with Crippen molar-refractivity contribution >= 4 is 34.8 Å². The van der Waals surface area contributed by atoms with E-state index in [0.717, 1.165) is 16.9 Å². The lowest BCUT2D eigenvalue weighted by Crippen LogP contribution is -2.34. The zero-order valence-electron chi connectivity index (χ0n) is 10.6. The molecule has 102 valence electrons. The van der Waals surface area contributed by atoms with Crippen molar-refractivity contribution in [2.45, 2.75) is 19.4 Å². The van der Waals surface area contributed by atoms with Gasteiger partial charge in [0.1, 0.15) is 5.15 Å². The van der Waals surface area contributed by atoms with Gasteiger partial charge in [-0.25, -0.2) is 4.98 Å². The van der Waals surface area contributed by atoms with Crippen LogP contribution in [-0.2, 0) is 17.8 Å². The Hall–Kier alpha value is -1.58. The first-order chi connectivity index (χ1) is 9.63. The molecule has 1 aromatic heterocycles. The standard InChI is InChI=1S/C15H12Cl2N2O/c16-11-3-1-2-10(8-11)9-19-13-5-6-14(17)18-12(13)4-7-15(19)20/h1-3,5-6,8H,4,7,9H2. The number of hydrogen-bond acceptors (Lipinski definition) is 2. The molecule has 0 N–H and O–H groups in total. The Kier molecular flexibility index (Phi) is 3.64. The number of hydrogen-bond donors (Lipinski definition) is 0. The summed E-state index contributed by atoms with van der Waals surface area (Å²) in [6.45, 7) is 0.496. The molecule has 0 saturated carbocycles. The van der Waals surface area contributed by atoms with Crippen molar-refractivity contribution in [2.24, 2.45) is 0 Å². The van der Waals surface area contributed by atoms with Crippen molar-refractivity contribution in [3.63, 3.8) is 0 Å². The summed E-state index contributed by atoms with van der Waals surface area (Å²) in [6.07, 6.45) is 1.10. The van der Waals surface area contributed by atoms with Gasteiger partial charge in [0.05, 0.1) is 17.9 Å². The lowest BCUT2D eigenvalue weighted by atomic mass is 10.1. The monoisotopic (exact) mass is 306 g/mol. The van der Waals surface area contributed by atoms with Crippen LogP contribution in [-0.4, -0.2) is 10.9 Å². The van der Waals surface area contributed by atoms with E-state index in [1.54, 1.807) is 11.0 Å². The molecule has 1 aliphatic heterocycles. The Morgan fingerprint density at radius 1 is 1.15 bits per heavy atom. The molecule has 0 spiro atoms. The van der Waals surface area contributed by atoms with Gasteiger partial charge in [-0.3, -0.25) is 4.79 Å². The average Bonchev–Trinajstić information content (AvgIpc) is 2.42. The largest absolute Gasteiger partial charge is 0.306 e. The van der Waals surface area contributed by atoms with Crippen molar-refractivity contribution < 1.29 is 4.79 Å². The second kappa shape index (κ2) is 5.43. The van der Waals surface area contributed by atoms with Crippen molar-refractivity contribution in [2.75, 3.05) is 4.90 Å². The summed E-state index contributed by atoms with van der Waals surface area (Å²) in [5.74, 6) is 0.0987. The second-order valence-electron chi connectivity index (χ2n) is 4.71. The van der Waals surface area contributed by atoms with Gasteiger partial charge < -0.3 is 4.90 Å². The molecule has 0 unspecified atom stereocenters. The van der Waals surface area contributed by atoms with E-state index in [-0.39, 0.29) is 5.91 Å². The number of carbonyl (C=O) groups excluding carboxylic acids is 1. The highest BCUT2D eigenvalue weighted by atomic mass is 35.5. The summed E-state index contributed by atoms with van der Waals surface area (Å²) < 4.78 is 0. The van der Waals surface area contributed by atoms with Crippen LogP contribution >= 0.6 is 23.2 Å². The molecule has 1 amide bonds. The Bertz CT molecular complexity index is 673. The zero-order chi connectivity index (χ0) is 14.1. The summed E-state index contributed by atoms with van der Waals surface area (Å²) in [6, 6.07) is 11.1. The zero-order valence-corrected chi connectivity index (χ0v) is 12.2. The van der Waals surface area contributed by atoms with Crippen LogP contribution in [0.5, 0.6) is 0 Å². The van der Waals surface area contributed by atoms with Gasteiger partial charge in [-0.2, -0.15) is 0 Å². The molecule has 3 rings (SSSR count). The maximum atomic E-state index is 12.2. The minimum absolute atomic E-state index is 0.0987. The van der Waals surface area contributed by atoms with E-state index in [4.69, 9.17) is 23.2 Å². The van der Waals surface area contributed by atoms with Crippen LogP contribution in [0.25, 0.3) is 0 Å². The summed E-state index contributed by atoms with van der Waals surface area (Å²) in [5.41, 5.74) is 2.71. The third-order valence-corrected chi connectivity index (χ3v) is 3.76. The smallest absolute Gasteiger partial charge is 0.227 e. The summed E-state index contributed by atoms with van der Waals surface area (Å²) in [5, 5.41) is 1.13. The Morgan fingerprint density at radius 3 is 2.80 bits per heavy atom. The number of amides is 1. The van der Waals surface area contributed by atoms with E-state index < -0.39 is 0 Å². The highest BCUT2D eigenvalue weighted by Gasteiger charge is 2.25. The number of aromatic nitrogens is 1.